The summed E-state index contributed by atoms with van der Waals surface area (Å²) in [7, 11) is 4.65. The minimum Gasteiger partial charge on any atom is -0.496 e. The fraction of sp³-hybridized carbons (Fsp3) is 0.364. The van der Waals surface area contributed by atoms with Gasteiger partial charge in [0.05, 0.1) is 21.3 Å². The molecule has 15 heavy (non-hydrogen) atoms. The van der Waals surface area contributed by atoms with E-state index < -0.39 is 0 Å². The molecule has 0 N–H and O–H groups in total. The zero-order chi connectivity index (χ0) is 11.3. The molecule has 0 fully saturated rings. The first kappa shape index (κ1) is 11.4. The highest BCUT2D eigenvalue weighted by atomic mass is 16.5. The molecule has 0 heterocycles. The van der Waals surface area contributed by atoms with Gasteiger partial charge in [0.2, 0.25) is 0 Å². The predicted molar refractivity (Wildman–Crippen MR) is 55.9 cm³/mol. The van der Waals surface area contributed by atoms with Crippen molar-refractivity contribution >= 4 is 6.29 Å². The van der Waals surface area contributed by atoms with Crippen molar-refractivity contribution in [3.63, 3.8) is 0 Å². The van der Waals surface area contributed by atoms with Gasteiger partial charge >= 0.3 is 0 Å². The van der Waals surface area contributed by atoms with Crippen molar-refractivity contribution in [3.05, 3.63) is 17.7 Å². The lowest BCUT2D eigenvalue weighted by Crippen LogP contribution is -1.97. The van der Waals surface area contributed by atoms with Gasteiger partial charge in [-0.05, 0) is 6.07 Å². The molecule has 0 saturated heterocycles. The van der Waals surface area contributed by atoms with Crippen LogP contribution in [0.15, 0.2) is 12.1 Å². The molecule has 1 aromatic rings. The smallest absolute Gasteiger partial charge is 0.164 e. The number of carbonyl (C=O) groups excluding carboxylic acids is 1. The third kappa shape index (κ3) is 2.40. The normalized spacial score (nSPS) is 9.53. The van der Waals surface area contributed by atoms with E-state index in [1.807, 2.05) is 0 Å². The Hall–Kier alpha value is -1.71. The summed E-state index contributed by atoms with van der Waals surface area (Å²) < 4.78 is 15.4. The number of benzene rings is 1. The van der Waals surface area contributed by atoms with Crippen LogP contribution < -0.4 is 14.2 Å². The van der Waals surface area contributed by atoms with Crippen LogP contribution >= 0.6 is 0 Å². The highest BCUT2D eigenvalue weighted by Gasteiger charge is 2.10. The summed E-state index contributed by atoms with van der Waals surface area (Å²) in [5.74, 6) is 1.80. The second-order valence-electron chi connectivity index (χ2n) is 2.89. The molecule has 4 heteroatoms. The molecule has 0 bridgehead atoms. The average molecular weight is 210 g/mol. The lowest BCUT2D eigenvalue weighted by atomic mass is 10.1. The minimum absolute atomic E-state index is 0.295. The van der Waals surface area contributed by atoms with Crippen LogP contribution in [0.3, 0.4) is 0 Å². The van der Waals surface area contributed by atoms with Crippen LogP contribution in [0, 0.1) is 0 Å². The third-order valence-electron chi connectivity index (χ3n) is 2.09. The number of carbonyl (C=O) groups is 1. The molecule has 1 aromatic carbocycles. The standard InChI is InChI=1S/C11H14O4/c1-13-9-7-11(15-3)10(14-2)6-8(9)4-5-12/h5-7H,4H2,1-3H3. The second kappa shape index (κ2) is 5.24. The highest BCUT2D eigenvalue weighted by Crippen LogP contribution is 2.34. The zero-order valence-corrected chi connectivity index (χ0v) is 9.07. The Balaban J connectivity index is 3.20. The van der Waals surface area contributed by atoms with Crippen LogP contribution in [0.5, 0.6) is 17.2 Å². The van der Waals surface area contributed by atoms with E-state index in [1.54, 1.807) is 33.5 Å². The van der Waals surface area contributed by atoms with E-state index >= 15 is 0 Å². The lowest BCUT2D eigenvalue weighted by molar-refractivity contribution is -0.107. The first-order chi connectivity index (χ1) is 7.26. The van der Waals surface area contributed by atoms with Crippen molar-refractivity contribution in [3.8, 4) is 17.2 Å². The molecule has 0 aliphatic heterocycles. The fourth-order valence-corrected chi connectivity index (χ4v) is 1.34. The van der Waals surface area contributed by atoms with Crippen molar-refractivity contribution in [2.75, 3.05) is 21.3 Å². The van der Waals surface area contributed by atoms with Gasteiger partial charge in [0.1, 0.15) is 12.0 Å². The molecule has 0 amide bonds. The van der Waals surface area contributed by atoms with E-state index in [4.69, 9.17) is 14.2 Å². The topological polar surface area (TPSA) is 44.8 Å². The molecule has 0 radical (unpaired) electrons. The van der Waals surface area contributed by atoms with Gasteiger partial charge in [-0.1, -0.05) is 0 Å². The van der Waals surface area contributed by atoms with Gasteiger partial charge in [0.15, 0.2) is 11.5 Å². The summed E-state index contributed by atoms with van der Waals surface area (Å²) in [5.41, 5.74) is 0.783. The van der Waals surface area contributed by atoms with Gasteiger partial charge < -0.3 is 19.0 Å². The fourth-order valence-electron chi connectivity index (χ4n) is 1.34. The molecule has 4 nitrogen and oxygen atoms in total. The number of hydrogen-bond donors (Lipinski definition) is 0. The van der Waals surface area contributed by atoms with Crippen molar-refractivity contribution in [1.29, 1.82) is 0 Å². The van der Waals surface area contributed by atoms with Crippen molar-refractivity contribution < 1.29 is 19.0 Å². The van der Waals surface area contributed by atoms with Crippen LogP contribution in [-0.4, -0.2) is 27.6 Å². The molecule has 0 aromatic heterocycles. The number of aldehydes is 1. The molecule has 0 saturated carbocycles. The van der Waals surface area contributed by atoms with Crippen LogP contribution in [-0.2, 0) is 11.2 Å². The summed E-state index contributed by atoms with van der Waals surface area (Å²) in [5, 5.41) is 0. The van der Waals surface area contributed by atoms with Crippen LogP contribution in [0.1, 0.15) is 5.56 Å². The van der Waals surface area contributed by atoms with Gasteiger partial charge in [-0.3, -0.25) is 0 Å². The first-order valence-electron chi connectivity index (χ1n) is 4.49. The quantitative estimate of drug-likeness (QED) is 0.690. The van der Waals surface area contributed by atoms with Crippen LogP contribution in [0.2, 0.25) is 0 Å². The van der Waals surface area contributed by atoms with E-state index in [1.165, 1.54) is 0 Å². The molecule has 0 atom stereocenters. The Morgan fingerprint density at radius 2 is 1.53 bits per heavy atom. The Bertz CT molecular complexity index is 347. The molecule has 1 rings (SSSR count). The number of rotatable bonds is 5. The summed E-state index contributed by atoms with van der Waals surface area (Å²) in [6, 6.07) is 3.45. The number of hydrogen-bond acceptors (Lipinski definition) is 4. The monoisotopic (exact) mass is 210 g/mol. The van der Waals surface area contributed by atoms with E-state index in [2.05, 4.69) is 0 Å². The maximum absolute atomic E-state index is 10.5. The molecule has 0 aliphatic rings. The second-order valence-corrected chi connectivity index (χ2v) is 2.89. The van der Waals surface area contributed by atoms with Crippen molar-refractivity contribution in [1.82, 2.24) is 0 Å². The Labute approximate surface area is 88.8 Å². The minimum atomic E-state index is 0.295. The first-order valence-corrected chi connectivity index (χ1v) is 4.49. The summed E-state index contributed by atoms with van der Waals surface area (Å²) >= 11 is 0. The molecule has 0 unspecified atom stereocenters. The average Bonchev–Trinajstić information content (AvgIpc) is 2.28. The van der Waals surface area contributed by atoms with Crippen LogP contribution in [0.25, 0.3) is 0 Å². The van der Waals surface area contributed by atoms with Crippen molar-refractivity contribution in [2.24, 2.45) is 0 Å². The van der Waals surface area contributed by atoms with Crippen LogP contribution in [0.4, 0.5) is 0 Å². The third-order valence-corrected chi connectivity index (χ3v) is 2.09. The van der Waals surface area contributed by atoms with E-state index in [0.29, 0.717) is 23.7 Å². The van der Waals surface area contributed by atoms with Gasteiger partial charge in [0, 0.05) is 18.1 Å². The Morgan fingerprint density at radius 1 is 1.00 bits per heavy atom. The highest BCUT2D eigenvalue weighted by molar-refractivity contribution is 5.61. The summed E-state index contributed by atoms with van der Waals surface area (Å²) in [4.78, 5) is 10.5. The maximum Gasteiger partial charge on any atom is 0.164 e. The van der Waals surface area contributed by atoms with Gasteiger partial charge in [-0.25, -0.2) is 0 Å². The van der Waals surface area contributed by atoms with Crippen molar-refractivity contribution in [2.45, 2.75) is 6.42 Å². The summed E-state index contributed by atoms with van der Waals surface area (Å²) in [6.07, 6.45) is 1.12. The predicted octanol–water partition coefficient (Wildman–Crippen LogP) is 1.45. The number of ether oxygens (including phenoxy) is 3. The van der Waals surface area contributed by atoms with E-state index in [9.17, 15) is 4.79 Å². The molecule has 0 aliphatic carbocycles. The Kier molecular flexibility index (Phi) is 3.97. The molecular formula is C11H14O4. The SMILES string of the molecule is COc1cc(OC)c(OC)cc1CC=O. The summed E-state index contributed by atoms with van der Waals surface area (Å²) in [6.45, 7) is 0. The molecule has 0 spiro atoms. The van der Waals surface area contributed by atoms with E-state index in [-0.39, 0.29) is 0 Å². The molecule has 82 valence electrons. The van der Waals surface area contributed by atoms with Gasteiger partial charge in [0.25, 0.3) is 0 Å². The lowest BCUT2D eigenvalue weighted by Gasteiger charge is -2.12. The largest absolute Gasteiger partial charge is 0.496 e. The van der Waals surface area contributed by atoms with E-state index in [0.717, 1.165) is 11.8 Å². The molecular weight excluding hydrogens is 196 g/mol. The Morgan fingerprint density at radius 3 is 2.00 bits per heavy atom. The van der Waals surface area contributed by atoms with Gasteiger partial charge in [-0.15, -0.1) is 0 Å². The number of methoxy groups -OCH3 is 3. The maximum atomic E-state index is 10.5. The van der Waals surface area contributed by atoms with Gasteiger partial charge in [-0.2, -0.15) is 0 Å². The zero-order valence-electron chi connectivity index (χ0n) is 9.07.